The van der Waals surface area contributed by atoms with Crippen molar-refractivity contribution < 1.29 is 14.1 Å². The summed E-state index contributed by atoms with van der Waals surface area (Å²) in [6.45, 7) is 1.80. The lowest BCUT2D eigenvalue weighted by atomic mass is 10.1. The molecular formula is C14H20N4O3S. The van der Waals surface area contributed by atoms with Crippen molar-refractivity contribution >= 4 is 23.6 Å². The summed E-state index contributed by atoms with van der Waals surface area (Å²) in [4.78, 5) is 30.7. The van der Waals surface area contributed by atoms with E-state index in [2.05, 4.69) is 20.0 Å². The van der Waals surface area contributed by atoms with E-state index in [4.69, 9.17) is 0 Å². The van der Waals surface area contributed by atoms with Crippen LogP contribution in [-0.2, 0) is 9.59 Å². The monoisotopic (exact) mass is 324 g/mol. The highest BCUT2D eigenvalue weighted by atomic mass is 32.2. The number of aromatic nitrogens is 2. The zero-order valence-corrected chi connectivity index (χ0v) is 13.3. The first-order valence-electron chi connectivity index (χ1n) is 7.61. The zero-order chi connectivity index (χ0) is 15.5. The molecule has 1 aliphatic carbocycles. The van der Waals surface area contributed by atoms with E-state index in [1.807, 2.05) is 0 Å². The molecule has 1 N–H and O–H groups in total. The number of thioether (sulfide) groups is 1. The van der Waals surface area contributed by atoms with Gasteiger partial charge in [-0.25, -0.2) is 0 Å². The number of carbonyl (C=O) groups is 2. The van der Waals surface area contributed by atoms with E-state index in [0.29, 0.717) is 17.5 Å². The number of nitrogens with one attached hydrogen (secondary N) is 1. The van der Waals surface area contributed by atoms with E-state index in [0.717, 1.165) is 25.7 Å². The Balaban J connectivity index is 1.62. The number of nitrogens with zero attached hydrogens (tertiary/aromatic N) is 3. The second kappa shape index (κ2) is 6.68. The molecular weight excluding hydrogens is 304 g/mol. The van der Waals surface area contributed by atoms with Crippen molar-refractivity contribution in [2.24, 2.45) is 5.92 Å². The van der Waals surface area contributed by atoms with Gasteiger partial charge in [-0.1, -0.05) is 18.0 Å². The summed E-state index contributed by atoms with van der Waals surface area (Å²) in [7, 11) is 0. The van der Waals surface area contributed by atoms with Crippen molar-refractivity contribution in [3.8, 4) is 0 Å². The Hall–Kier alpha value is -1.57. The van der Waals surface area contributed by atoms with Gasteiger partial charge in [0, 0.05) is 11.7 Å². The number of amides is 2. The van der Waals surface area contributed by atoms with E-state index in [1.54, 1.807) is 23.6 Å². The van der Waals surface area contributed by atoms with Crippen molar-refractivity contribution in [1.29, 1.82) is 0 Å². The first-order chi connectivity index (χ1) is 10.7. The summed E-state index contributed by atoms with van der Waals surface area (Å²) in [6, 6.07) is -0.729. The van der Waals surface area contributed by atoms with Gasteiger partial charge in [-0.3, -0.25) is 9.59 Å². The van der Waals surface area contributed by atoms with Gasteiger partial charge in [0.05, 0.1) is 11.9 Å². The molecule has 2 atom stereocenters. The van der Waals surface area contributed by atoms with Gasteiger partial charge in [-0.05, 0) is 19.8 Å². The number of rotatable bonds is 4. The molecule has 0 spiro atoms. The zero-order valence-electron chi connectivity index (χ0n) is 12.5. The Morgan fingerprint density at radius 2 is 2.23 bits per heavy atom. The quantitative estimate of drug-likeness (QED) is 0.899. The molecule has 0 bridgehead atoms. The fourth-order valence-corrected chi connectivity index (χ4v) is 4.19. The number of hydrogen-bond donors (Lipinski definition) is 1. The predicted molar refractivity (Wildman–Crippen MR) is 80.8 cm³/mol. The second-order valence-electron chi connectivity index (χ2n) is 5.82. The summed E-state index contributed by atoms with van der Waals surface area (Å²) in [5.41, 5.74) is 0. The van der Waals surface area contributed by atoms with Gasteiger partial charge >= 0.3 is 0 Å². The molecule has 7 nitrogen and oxygen atoms in total. The van der Waals surface area contributed by atoms with Crippen LogP contribution in [0.15, 0.2) is 10.9 Å². The molecule has 0 aromatic carbocycles. The number of carbonyl (C=O) groups excluding carboxylic acids is 2. The average Bonchev–Trinajstić information content (AvgIpc) is 3.27. The first kappa shape index (κ1) is 15.3. The topological polar surface area (TPSA) is 88.3 Å². The summed E-state index contributed by atoms with van der Waals surface area (Å²) in [5.74, 6) is 1.77. The van der Waals surface area contributed by atoms with E-state index >= 15 is 0 Å². The molecule has 3 rings (SSSR count). The largest absolute Gasteiger partial charge is 0.344 e. The molecule has 22 heavy (non-hydrogen) atoms. The van der Waals surface area contributed by atoms with E-state index < -0.39 is 6.04 Å². The molecule has 0 radical (unpaired) electrons. The van der Waals surface area contributed by atoms with Crippen LogP contribution >= 0.6 is 11.8 Å². The van der Waals surface area contributed by atoms with Crippen LogP contribution < -0.4 is 5.32 Å². The normalized spacial score (nSPS) is 23.7. The third-order valence-corrected chi connectivity index (χ3v) is 5.31. The standard InChI is InChI=1S/C14H20N4O3S/c1-9(12-15-7-21-17-12)16-13(19)11-6-22-8-18(11)14(20)10-4-2-3-5-10/h7,9-11H,2-6,8H2,1H3,(H,16,19). The Labute approximate surface area is 133 Å². The van der Waals surface area contributed by atoms with Crippen LogP contribution in [0.1, 0.15) is 44.5 Å². The summed E-state index contributed by atoms with van der Waals surface area (Å²) >= 11 is 1.62. The lowest BCUT2D eigenvalue weighted by Crippen LogP contribution is -2.49. The highest BCUT2D eigenvalue weighted by Gasteiger charge is 2.38. The van der Waals surface area contributed by atoms with Crippen molar-refractivity contribution in [2.45, 2.75) is 44.7 Å². The molecule has 1 aliphatic heterocycles. The van der Waals surface area contributed by atoms with Crippen molar-refractivity contribution in [1.82, 2.24) is 20.4 Å². The Bertz CT molecular complexity index is 530. The minimum Gasteiger partial charge on any atom is -0.344 e. The van der Waals surface area contributed by atoms with Crippen LogP contribution in [0.5, 0.6) is 0 Å². The molecule has 1 saturated carbocycles. The van der Waals surface area contributed by atoms with Crippen LogP contribution in [0, 0.1) is 5.92 Å². The van der Waals surface area contributed by atoms with Crippen molar-refractivity contribution in [3.05, 3.63) is 12.2 Å². The Morgan fingerprint density at radius 3 is 2.91 bits per heavy atom. The number of hydrogen-bond acceptors (Lipinski definition) is 6. The summed E-state index contributed by atoms with van der Waals surface area (Å²) < 4.78 is 4.69. The van der Waals surface area contributed by atoms with Crippen LogP contribution in [-0.4, -0.2) is 44.5 Å². The SMILES string of the molecule is CC(NC(=O)C1CSCN1C(=O)C1CCCC1)c1ncon1. The molecule has 1 saturated heterocycles. The fourth-order valence-electron chi connectivity index (χ4n) is 3.03. The lowest BCUT2D eigenvalue weighted by Gasteiger charge is -2.26. The first-order valence-corrected chi connectivity index (χ1v) is 8.77. The third kappa shape index (κ3) is 3.11. The van der Waals surface area contributed by atoms with Gasteiger partial charge in [0.15, 0.2) is 5.82 Å². The maximum absolute atomic E-state index is 12.6. The van der Waals surface area contributed by atoms with E-state index in [9.17, 15) is 9.59 Å². The minimum atomic E-state index is -0.396. The molecule has 2 aliphatic rings. The summed E-state index contributed by atoms with van der Waals surface area (Å²) in [5, 5.41) is 6.59. The fraction of sp³-hybridized carbons (Fsp3) is 0.714. The third-order valence-electron chi connectivity index (χ3n) is 4.30. The Morgan fingerprint density at radius 1 is 1.45 bits per heavy atom. The van der Waals surface area contributed by atoms with Crippen LogP contribution in [0.25, 0.3) is 0 Å². The highest BCUT2D eigenvalue weighted by molar-refractivity contribution is 7.99. The molecule has 1 aromatic heterocycles. The predicted octanol–water partition coefficient (Wildman–Crippen LogP) is 1.34. The lowest BCUT2D eigenvalue weighted by molar-refractivity contribution is -0.141. The maximum atomic E-state index is 12.6. The van der Waals surface area contributed by atoms with Gasteiger partial charge in [0.25, 0.3) is 0 Å². The molecule has 2 amide bonds. The molecule has 2 heterocycles. The van der Waals surface area contributed by atoms with E-state index in [-0.39, 0.29) is 23.8 Å². The highest BCUT2D eigenvalue weighted by Crippen LogP contribution is 2.31. The molecule has 2 unspecified atom stereocenters. The Kier molecular flexibility index (Phi) is 4.66. The average molecular weight is 324 g/mol. The van der Waals surface area contributed by atoms with E-state index in [1.165, 1.54) is 6.39 Å². The van der Waals surface area contributed by atoms with Crippen LogP contribution in [0.4, 0.5) is 0 Å². The molecule has 120 valence electrons. The van der Waals surface area contributed by atoms with Gasteiger partial charge in [-0.15, -0.1) is 11.8 Å². The molecule has 2 fully saturated rings. The van der Waals surface area contributed by atoms with Crippen LogP contribution in [0.2, 0.25) is 0 Å². The van der Waals surface area contributed by atoms with Gasteiger partial charge < -0.3 is 14.7 Å². The van der Waals surface area contributed by atoms with Gasteiger partial charge in [-0.2, -0.15) is 4.98 Å². The maximum Gasteiger partial charge on any atom is 0.244 e. The van der Waals surface area contributed by atoms with Crippen molar-refractivity contribution in [2.75, 3.05) is 11.6 Å². The van der Waals surface area contributed by atoms with Gasteiger partial charge in [0.2, 0.25) is 18.2 Å². The second-order valence-corrected chi connectivity index (χ2v) is 6.82. The van der Waals surface area contributed by atoms with Gasteiger partial charge in [0.1, 0.15) is 6.04 Å². The molecule has 8 heteroatoms. The minimum absolute atomic E-state index is 0.101. The van der Waals surface area contributed by atoms with Crippen molar-refractivity contribution in [3.63, 3.8) is 0 Å². The molecule has 1 aromatic rings. The smallest absolute Gasteiger partial charge is 0.244 e. The van der Waals surface area contributed by atoms with Crippen LogP contribution in [0.3, 0.4) is 0 Å². The summed E-state index contributed by atoms with van der Waals surface area (Å²) in [6.07, 6.45) is 5.37.